The van der Waals surface area contributed by atoms with Crippen molar-refractivity contribution in [3.8, 4) is 5.75 Å². The SMILES string of the molecule is COc1ccc(Cl)cc1C(=O)NCCc1noc(C)n1. The van der Waals surface area contributed by atoms with Gasteiger partial charge < -0.3 is 14.6 Å². The fourth-order valence-corrected chi connectivity index (χ4v) is 1.86. The first-order chi connectivity index (χ1) is 9.60. The summed E-state index contributed by atoms with van der Waals surface area (Å²) in [7, 11) is 1.50. The van der Waals surface area contributed by atoms with Gasteiger partial charge in [0.15, 0.2) is 5.82 Å². The second-order valence-corrected chi connectivity index (χ2v) is 4.52. The van der Waals surface area contributed by atoms with Gasteiger partial charge in [0, 0.05) is 24.9 Å². The van der Waals surface area contributed by atoms with E-state index in [1.165, 1.54) is 7.11 Å². The van der Waals surface area contributed by atoms with E-state index in [2.05, 4.69) is 15.5 Å². The average molecular weight is 296 g/mol. The highest BCUT2D eigenvalue weighted by atomic mass is 35.5. The Bertz CT molecular complexity index is 613. The molecule has 1 amide bonds. The smallest absolute Gasteiger partial charge is 0.255 e. The Labute approximate surface area is 121 Å². The lowest BCUT2D eigenvalue weighted by Gasteiger charge is -2.09. The summed E-state index contributed by atoms with van der Waals surface area (Å²) >= 11 is 5.88. The zero-order valence-electron chi connectivity index (χ0n) is 11.1. The molecule has 1 N–H and O–H groups in total. The van der Waals surface area contributed by atoms with Gasteiger partial charge in [0.05, 0.1) is 12.7 Å². The van der Waals surface area contributed by atoms with Crippen LogP contribution in [0.4, 0.5) is 0 Å². The van der Waals surface area contributed by atoms with Crippen LogP contribution in [0.3, 0.4) is 0 Å². The van der Waals surface area contributed by atoms with Crippen molar-refractivity contribution in [2.45, 2.75) is 13.3 Å². The quantitative estimate of drug-likeness (QED) is 0.913. The van der Waals surface area contributed by atoms with Gasteiger partial charge in [-0.3, -0.25) is 4.79 Å². The summed E-state index contributed by atoms with van der Waals surface area (Å²) in [6, 6.07) is 4.88. The van der Waals surface area contributed by atoms with Crippen molar-refractivity contribution in [3.63, 3.8) is 0 Å². The molecule has 0 radical (unpaired) electrons. The molecule has 0 saturated heterocycles. The molecule has 7 heteroatoms. The summed E-state index contributed by atoms with van der Waals surface area (Å²) in [5.74, 6) is 1.27. The first-order valence-corrected chi connectivity index (χ1v) is 6.39. The molecule has 1 aromatic heterocycles. The van der Waals surface area contributed by atoms with Crippen molar-refractivity contribution in [3.05, 3.63) is 40.5 Å². The van der Waals surface area contributed by atoms with Gasteiger partial charge in [-0.05, 0) is 18.2 Å². The van der Waals surface area contributed by atoms with E-state index in [9.17, 15) is 4.79 Å². The van der Waals surface area contributed by atoms with Crippen LogP contribution in [-0.4, -0.2) is 29.7 Å². The topological polar surface area (TPSA) is 77.2 Å². The number of aryl methyl sites for hydroxylation is 1. The fraction of sp³-hybridized carbons (Fsp3) is 0.308. The van der Waals surface area contributed by atoms with Crippen molar-refractivity contribution in [2.24, 2.45) is 0 Å². The number of rotatable bonds is 5. The number of benzene rings is 1. The maximum absolute atomic E-state index is 12.1. The molecular formula is C13H14ClN3O3. The zero-order chi connectivity index (χ0) is 14.5. The highest BCUT2D eigenvalue weighted by molar-refractivity contribution is 6.31. The van der Waals surface area contributed by atoms with Crippen LogP contribution in [0, 0.1) is 6.92 Å². The van der Waals surface area contributed by atoms with E-state index in [1.54, 1.807) is 25.1 Å². The summed E-state index contributed by atoms with van der Waals surface area (Å²) in [6.45, 7) is 2.11. The molecule has 0 aliphatic rings. The van der Waals surface area contributed by atoms with Crippen LogP contribution in [0.15, 0.2) is 22.7 Å². The lowest BCUT2D eigenvalue weighted by atomic mass is 10.2. The second kappa shape index (κ2) is 6.38. The van der Waals surface area contributed by atoms with Crippen molar-refractivity contribution >= 4 is 17.5 Å². The molecule has 2 aromatic rings. The molecule has 0 aliphatic carbocycles. The Morgan fingerprint density at radius 1 is 1.50 bits per heavy atom. The van der Waals surface area contributed by atoms with E-state index < -0.39 is 0 Å². The number of nitrogens with one attached hydrogen (secondary N) is 1. The van der Waals surface area contributed by atoms with Crippen molar-refractivity contribution < 1.29 is 14.1 Å². The first kappa shape index (κ1) is 14.3. The zero-order valence-corrected chi connectivity index (χ0v) is 11.9. The minimum absolute atomic E-state index is 0.260. The number of hydrogen-bond acceptors (Lipinski definition) is 5. The largest absolute Gasteiger partial charge is 0.496 e. The molecule has 0 bridgehead atoms. The van der Waals surface area contributed by atoms with E-state index in [-0.39, 0.29) is 5.91 Å². The molecule has 0 aliphatic heterocycles. The first-order valence-electron chi connectivity index (χ1n) is 6.01. The van der Waals surface area contributed by atoms with Crippen LogP contribution in [0.5, 0.6) is 5.75 Å². The van der Waals surface area contributed by atoms with E-state index >= 15 is 0 Å². The highest BCUT2D eigenvalue weighted by Crippen LogP contribution is 2.22. The van der Waals surface area contributed by atoms with Crippen molar-refractivity contribution in [1.29, 1.82) is 0 Å². The number of halogens is 1. The molecule has 0 saturated carbocycles. The monoisotopic (exact) mass is 295 g/mol. The van der Waals surface area contributed by atoms with Gasteiger partial charge in [-0.1, -0.05) is 16.8 Å². The lowest BCUT2D eigenvalue weighted by Crippen LogP contribution is -2.26. The van der Waals surface area contributed by atoms with Gasteiger partial charge in [-0.2, -0.15) is 4.98 Å². The summed E-state index contributed by atoms with van der Waals surface area (Å²) in [6.07, 6.45) is 0.492. The van der Waals surface area contributed by atoms with Crippen LogP contribution in [0.2, 0.25) is 5.02 Å². The number of aromatic nitrogens is 2. The van der Waals surface area contributed by atoms with E-state index in [0.717, 1.165) is 0 Å². The Hall–Kier alpha value is -2.08. The Morgan fingerprint density at radius 2 is 2.30 bits per heavy atom. The maximum atomic E-state index is 12.1. The van der Waals surface area contributed by atoms with Gasteiger partial charge in [0.25, 0.3) is 5.91 Å². The van der Waals surface area contributed by atoms with Crippen LogP contribution in [0.25, 0.3) is 0 Å². The fourth-order valence-electron chi connectivity index (χ4n) is 1.68. The molecule has 1 heterocycles. The van der Waals surface area contributed by atoms with Gasteiger partial charge in [-0.15, -0.1) is 0 Å². The number of ether oxygens (including phenoxy) is 1. The van der Waals surface area contributed by atoms with Crippen LogP contribution in [-0.2, 0) is 6.42 Å². The minimum atomic E-state index is -0.260. The molecule has 1 aromatic carbocycles. The molecule has 106 valence electrons. The number of hydrogen-bond donors (Lipinski definition) is 1. The summed E-state index contributed by atoms with van der Waals surface area (Å²) < 4.78 is 9.98. The van der Waals surface area contributed by atoms with Gasteiger partial charge in [0.2, 0.25) is 5.89 Å². The number of carbonyl (C=O) groups is 1. The predicted molar refractivity (Wildman–Crippen MR) is 73.1 cm³/mol. The maximum Gasteiger partial charge on any atom is 0.255 e. The average Bonchev–Trinajstić information content (AvgIpc) is 2.84. The molecule has 0 spiro atoms. The third-order valence-corrected chi connectivity index (χ3v) is 2.85. The molecule has 2 rings (SSSR count). The number of carbonyl (C=O) groups excluding carboxylic acids is 1. The highest BCUT2D eigenvalue weighted by Gasteiger charge is 2.13. The van der Waals surface area contributed by atoms with Crippen LogP contribution >= 0.6 is 11.6 Å². The minimum Gasteiger partial charge on any atom is -0.496 e. The van der Waals surface area contributed by atoms with Gasteiger partial charge in [0.1, 0.15) is 5.75 Å². The Kier molecular flexibility index (Phi) is 4.57. The van der Waals surface area contributed by atoms with Gasteiger partial charge >= 0.3 is 0 Å². The summed E-state index contributed by atoms with van der Waals surface area (Å²) in [5.41, 5.74) is 0.393. The molecule has 0 atom stereocenters. The normalized spacial score (nSPS) is 10.3. The van der Waals surface area contributed by atoms with E-state index in [4.69, 9.17) is 20.9 Å². The molecule has 0 fully saturated rings. The molecule has 6 nitrogen and oxygen atoms in total. The van der Waals surface area contributed by atoms with Crippen LogP contribution in [0.1, 0.15) is 22.1 Å². The summed E-state index contributed by atoms with van der Waals surface area (Å²) in [4.78, 5) is 16.1. The molecular weight excluding hydrogens is 282 g/mol. The van der Waals surface area contributed by atoms with E-state index in [1.807, 2.05) is 0 Å². The Balaban J connectivity index is 1.96. The third kappa shape index (κ3) is 3.48. The molecule has 20 heavy (non-hydrogen) atoms. The Morgan fingerprint density at radius 3 is 2.95 bits per heavy atom. The predicted octanol–water partition coefficient (Wildman–Crippen LogP) is 2.01. The van der Waals surface area contributed by atoms with Crippen LogP contribution < -0.4 is 10.1 Å². The third-order valence-electron chi connectivity index (χ3n) is 2.61. The molecule has 0 unspecified atom stereocenters. The van der Waals surface area contributed by atoms with Crippen molar-refractivity contribution in [2.75, 3.05) is 13.7 Å². The lowest BCUT2D eigenvalue weighted by molar-refractivity contribution is 0.0951. The number of nitrogens with zero attached hydrogens (tertiary/aromatic N) is 2. The standard InChI is InChI=1S/C13H14ClN3O3/c1-8-16-12(17-20-8)5-6-15-13(18)10-7-9(14)3-4-11(10)19-2/h3-4,7H,5-6H2,1-2H3,(H,15,18). The number of methoxy groups -OCH3 is 1. The van der Waals surface area contributed by atoms with Gasteiger partial charge in [-0.25, -0.2) is 0 Å². The summed E-state index contributed by atoms with van der Waals surface area (Å²) in [5, 5.41) is 6.99. The second-order valence-electron chi connectivity index (χ2n) is 4.08. The number of amides is 1. The van der Waals surface area contributed by atoms with E-state index in [0.29, 0.717) is 41.0 Å². The van der Waals surface area contributed by atoms with Crippen molar-refractivity contribution in [1.82, 2.24) is 15.5 Å².